The lowest BCUT2D eigenvalue weighted by molar-refractivity contribution is -0.120. The molecule has 0 bridgehead atoms. The predicted octanol–water partition coefficient (Wildman–Crippen LogP) is 1.52. The van der Waals surface area contributed by atoms with Crippen LogP contribution in [0.25, 0.3) is 0 Å². The second-order valence-corrected chi connectivity index (χ2v) is 11.0. The average molecular weight is 423 g/mol. The van der Waals surface area contributed by atoms with Gasteiger partial charge in [-0.25, -0.2) is 18.7 Å². The van der Waals surface area contributed by atoms with E-state index in [1.54, 1.807) is 25.8 Å². The molecule has 1 aliphatic carbocycles. The van der Waals surface area contributed by atoms with E-state index in [-0.39, 0.29) is 17.9 Å². The second kappa shape index (κ2) is 8.29. The van der Waals surface area contributed by atoms with Gasteiger partial charge in [-0.1, -0.05) is 0 Å². The first-order valence-corrected chi connectivity index (χ1v) is 11.3. The Morgan fingerprint density at radius 3 is 2.28 bits per heavy atom. The van der Waals surface area contributed by atoms with Gasteiger partial charge in [0.15, 0.2) is 5.84 Å². The van der Waals surface area contributed by atoms with Crippen molar-refractivity contribution in [1.29, 1.82) is 0 Å². The normalized spacial score (nSPS) is 22.8. The molecule has 1 fully saturated rings. The molecule has 10 heteroatoms. The van der Waals surface area contributed by atoms with Crippen molar-refractivity contribution in [2.45, 2.75) is 57.2 Å². The highest BCUT2D eigenvalue weighted by Gasteiger charge is 2.34. The van der Waals surface area contributed by atoms with Crippen LogP contribution in [-0.4, -0.2) is 43.0 Å². The Labute approximate surface area is 172 Å². The lowest BCUT2D eigenvalue weighted by Crippen LogP contribution is -2.46. The van der Waals surface area contributed by atoms with Gasteiger partial charge in [-0.15, -0.1) is 10.6 Å². The molecule has 2 aliphatic rings. The number of hydrogen-bond acceptors (Lipinski definition) is 7. The van der Waals surface area contributed by atoms with E-state index in [9.17, 15) is 13.2 Å². The molecule has 0 radical (unpaired) electrons. The van der Waals surface area contributed by atoms with Gasteiger partial charge in [0, 0.05) is 30.3 Å². The number of benzene rings is 1. The van der Waals surface area contributed by atoms with Crippen LogP contribution in [-0.2, 0) is 14.8 Å². The van der Waals surface area contributed by atoms with Crippen LogP contribution in [0.4, 0.5) is 5.69 Å². The largest absolute Gasteiger partial charge is 0.326 e. The third kappa shape index (κ3) is 5.06. The summed E-state index contributed by atoms with van der Waals surface area (Å²) in [5, 5.41) is 8.87. The average Bonchev–Trinajstić information content (AvgIpc) is 3.07. The van der Waals surface area contributed by atoms with Gasteiger partial charge in [0.25, 0.3) is 0 Å². The van der Waals surface area contributed by atoms with Crippen molar-refractivity contribution < 1.29 is 13.2 Å². The number of carbonyl (C=O) groups is 1. The van der Waals surface area contributed by atoms with E-state index in [0.29, 0.717) is 25.7 Å². The minimum atomic E-state index is -3.37. The van der Waals surface area contributed by atoms with Gasteiger partial charge in [-0.2, -0.15) is 0 Å². The van der Waals surface area contributed by atoms with Crippen LogP contribution in [0.1, 0.15) is 52.0 Å². The summed E-state index contributed by atoms with van der Waals surface area (Å²) in [6.45, 7) is 5.05. The van der Waals surface area contributed by atoms with Crippen LogP contribution >= 0.6 is 0 Å². The standard InChI is InChI=1S/C19H30N6O3S/c1-19(2,3)29(27,28)22-16-11-7-14(8-12-16)18(26)20-15-9-5-13(6-10-15)17-21-23-24-25(17)4/h5-6,9-10,14,16,22-24H,7-8,11-12H2,1-4H3,(H,20,26)/t14-,16-. The van der Waals surface area contributed by atoms with Gasteiger partial charge < -0.3 is 5.32 Å². The number of hydrazine groups is 2. The number of hydrazone groups is 1. The van der Waals surface area contributed by atoms with E-state index in [4.69, 9.17) is 0 Å². The van der Waals surface area contributed by atoms with Crippen molar-refractivity contribution >= 4 is 27.5 Å². The number of amides is 1. The Morgan fingerprint density at radius 2 is 1.76 bits per heavy atom. The molecule has 0 atom stereocenters. The number of sulfonamides is 1. The molecular formula is C19H30N6O3S. The van der Waals surface area contributed by atoms with Crippen molar-refractivity contribution in [3.63, 3.8) is 0 Å². The third-order valence-corrected chi connectivity index (χ3v) is 7.59. The fourth-order valence-corrected chi connectivity index (χ4v) is 4.38. The Morgan fingerprint density at radius 1 is 1.14 bits per heavy atom. The van der Waals surface area contributed by atoms with Crippen LogP contribution in [0.5, 0.6) is 0 Å². The zero-order valence-electron chi connectivity index (χ0n) is 17.3. The summed E-state index contributed by atoms with van der Waals surface area (Å²) < 4.78 is 26.6. The molecule has 4 N–H and O–H groups in total. The molecular weight excluding hydrogens is 392 g/mol. The van der Waals surface area contributed by atoms with Gasteiger partial charge in [0.1, 0.15) is 0 Å². The summed E-state index contributed by atoms with van der Waals surface area (Å²) in [6.07, 6.45) is 2.66. The van der Waals surface area contributed by atoms with Gasteiger partial charge in [-0.3, -0.25) is 9.80 Å². The minimum absolute atomic E-state index is 0.0199. The van der Waals surface area contributed by atoms with E-state index in [1.165, 1.54) is 0 Å². The highest BCUT2D eigenvalue weighted by molar-refractivity contribution is 7.90. The summed E-state index contributed by atoms with van der Waals surface area (Å²) in [4.78, 5) is 12.6. The van der Waals surface area contributed by atoms with E-state index in [2.05, 4.69) is 26.2 Å². The molecule has 3 rings (SSSR count). The minimum Gasteiger partial charge on any atom is -0.326 e. The highest BCUT2D eigenvalue weighted by Crippen LogP contribution is 2.27. The fraction of sp³-hybridized carbons (Fsp3) is 0.579. The van der Waals surface area contributed by atoms with Gasteiger partial charge in [-0.05, 0) is 70.7 Å². The molecule has 1 aliphatic heterocycles. The molecule has 1 amide bonds. The predicted molar refractivity (Wildman–Crippen MR) is 113 cm³/mol. The molecule has 0 saturated heterocycles. The number of amidine groups is 1. The van der Waals surface area contributed by atoms with E-state index in [0.717, 1.165) is 17.1 Å². The fourth-order valence-electron chi connectivity index (χ4n) is 3.36. The first-order chi connectivity index (χ1) is 13.6. The molecule has 1 saturated carbocycles. The number of nitrogens with one attached hydrogen (secondary N) is 4. The third-order valence-electron chi connectivity index (χ3n) is 5.33. The molecule has 1 heterocycles. The number of rotatable bonds is 5. The van der Waals surface area contributed by atoms with Crippen LogP contribution in [0.15, 0.2) is 29.4 Å². The Kier molecular flexibility index (Phi) is 6.16. The molecule has 160 valence electrons. The molecule has 0 unspecified atom stereocenters. The number of nitrogens with zero attached hydrogens (tertiary/aromatic N) is 2. The van der Waals surface area contributed by atoms with Crippen LogP contribution in [0, 0.1) is 5.92 Å². The molecule has 9 nitrogen and oxygen atoms in total. The lowest BCUT2D eigenvalue weighted by atomic mass is 9.86. The first kappa shape index (κ1) is 21.5. The van der Waals surface area contributed by atoms with Gasteiger partial charge >= 0.3 is 0 Å². The van der Waals surface area contributed by atoms with E-state index in [1.807, 2.05) is 31.3 Å². The topological polar surface area (TPSA) is 115 Å². The number of anilines is 1. The molecule has 0 spiro atoms. The maximum atomic E-state index is 12.6. The Hall–Kier alpha value is -2.17. The first-order valence-electron chi connectivity index (χ1n) is 9.82. The summed E-state index contributed by atoms with van der Waals surface area (Å²) >= 11 is 0. The van der Waals surface area contributed by atoms with Gasteiger partial charge in [0.05, 0.1) is 4.75 Å². The molecule has 0 aromatic heterocycles. The lowest BCUT2D eigenvalue weighted by Gasteiger charge is -2.30. The Balaban J connectivity index is 1.51. The molecule has 29 heavy (non-hydrogen) atoms. The summed E-state index contributed by atoms with van der Waals surface area (Å²) in [6, 6.07) is 7.40. The maximum Gasteiger partial charge on any atom is 0.227 e. The zero-order valence-corrected chi connectivity index (χ0v) is 18.1. The van der Waals surface area contributed by atoms with Crippen molar-refractivity contribution in [2.24, 2.45) is 11.0 Å². The van der Waals surface area contributed by atoms with Gasteiger partial charge in [0.2, 0.25) is 15.9 Å². The number of carbonyl (C=O) groups excluding carboxylic acids is 1. The smallest absolute Gasteiger partial charge is 0.227 e. The summed E-state index contributed by atoms with van der Waals surface area (Å²) in [7, 11) is -1.52. The van der Waals surface area contributed by atoms with Crippen molar-refractivity contribution in [2.75, 3.05) is 12.4 Å². The second-order valence-electron chi connectivity index (χ2n) is 8.57. The molecule has 1 aromatic carbocycles. The quantitative estimate of drug-likeness (QED) is 0.572. The van der Waals surface area contributed by atoms with Crippen molar-refractivity contribution in [3.05, 3.63) is 29.8 Å². The summed E-state index contributed by atoms with van der Waals surface area (Å²) in [5.74, 6) is 0.635. The van der Waals surface area contributed by atoms with Crippen molar-refractivity contribution in [1.82, 2.24) is 20.8 Å². The SMILES string of the molecule is CN1NNN=C1c1ccc(NC(=O)[C@H]2CC[C@H](NS(=O)(=O)C(C)(C)C)CC2)cc1. The Bertz CT molecular complexity index is 868. The van der Waals surface area contributed by atoms with E-state index >= 15 is 0 Å². The zero-order chi connectivity index (χ0) is 21.2. The van der Waals surface area contributed by atoms with Crippen molar-refractivity contribution in [3.8, 4) is 0 Å². The van der Waals surface area contributed by atoms with Crippen LogP contribution in [0.3, 0.4) is 0 Å². The highest BCUT2D eigenvalue weighted by atomic mass is 32.2. The number of hydrogen-bond donors (Lipinski definition) is 4. The monoisotopic (exact) mass is 422 g/mol. The van der Waals surface area contributed by atoms with Crippen LogP contribution < -0.4 is 21.1 Å². The summed E-state index contributed by atoms with van der Waals surface area (Å²) in [5.41, 5.74) is 7.20. The molecule has 1 aromatic rings. The maximum absolute atomic E-state index is 12.6. The van der Waals surface area contributed by atoms with E-state index < -0.39 is 14.8 Å². The van der Waals surface area contributed by atoms with Crippen LogP contribution in [0.2, 0.25) is 0 Å².